The van der Waals surface area contributed by atoms with Gasteiger partial charge in [0.1, 0.15) is 10.8 Å². The van der Waals surface area contributed by atoms with E-state index in [1.807, 2.05) is 29.6 Å². The summed E-state index contributed by atoms with van der Waals surface area (Å²) in [4.78, 5) is 4.43. The lowest BCUT2D eigenvalue weighted by molar-refractivity contribution is 0.309. The zero-order valence-corrected chi connectivity index (χ0v) is 11.7. The highest BCUT2D eigenvalue weighted by atomic mass is 32.1. The molecule has 1 aromatic carbocycles. The summed E-state index contributed by atoms with van der Waals surface area (Å²) >= 11 is 1.53. The van der Waals surface area contributed by atoms with Crippen molar-refractivity contribution in [3.8, 4) is 23.1 Å². The van der Waals surface area contributed by atoms with Crippen LogP contribution in [0.4, 0.5) is 0 Å². The lowest BCUT2D eigenvalue weighted by Crippen LogP contribution is -1.95. The second-order valence-corrected chi connectivity index (χ2v) is 5.13. The largest absolute Gasteiger partial charge is 0.494 e. The number of hydrogen-bond donors (Lipinski definition) is 0. The van der Waals surface area contributed by atoms with E-state index in [4.69, 9.17) is 10.00 Å². The first-order valence-corrected chi connectivity index (χ1v) is 7.26. The Kier molecular flexibility index (Phi) is 4.93. The van der Waals surface area contributed by atoms with Crippen molar-refractivity contribution in [1.29, 1.82) is 5.26 Å². The van der Waals surface area contributed by atoms with E-state index in [0.717, 1.165) is 41.5 Å². The van der Waals surface area contributed by atoms with Gasteiger partial charge in [-0.05, 0) is 30.7 Å². The molecule has 1 heterocycles. The van der Waals surface area contributed by atoms with Crippen molar-refractivity contribution >= 4 is 11.3 Å². The Labute approximate surface area is 117 Å². The molecule has 0 fully saturated rings. The maximum absolute atomic E-state index is 8.64. The number of thiazole rings is 1. The Bertz CT molecular complexity index is 554. The van der Waals surface area contributed by atoms with Gasteiger partial charge in [-0.25, -0.2) is 4.98 Å². The number of ether oxygens (including phenoxy) is 1. The molecule has 3 nitrogen and oxygen atoms in total. The molecule has 0 saturated carbocycles. The molecule has 2 aromatic rings. The lowest BCUT2D eigenvalue weighted by Gasteiger charge is -2.05. The zero-order chi connectivity index (χ0) is 13.5. The summed E-state index contributed by atoms with van der Waals surface area (Å²) < 4.78 is 5.62. The molecule has 2 rings (SSSR count). The van der Waals surface area contributed by atoms with Gasteiger partial charge >= 0.3 is 0 Å². The van der Waals surface area contributed by atoms with Gasteiger partial charge in [-0.1, -0.05) is 13.3 Å². The highest BCUT2D eigenvalue weighted by molar-refractivity contribution is 7.10. The third-order valence-electron chi connectivity index (χ3n) is 2.70. The fourth-order valence-electron chi connectivity index (χ4n) is 1.65. The van der Waals surface area contributed by atoms with Crippen LogP contribution in [0.15, 0.2) is 29.6 Å². The summed E-state index contributed by atoms with van der Waals surface area (Å²) in [7, 11) is 0. The summed E-state index contributed by atoms with van der Waals surface area (Å²) in [5.41, 5.74) is 1.98. The summed E-state index contributed by atoms with van der Waals surface area (Å²) in [6.07, 6.45) is 2.59. The van der Waals surface area contributed by atoms with Crippen LogP contribution >= 0.6 is 11.3 Å². The van der Waals surface area contributed by atoms with Gasteiger partial charge in [-0.2, -0.15) is 5.26 Å². The van der Waals surface area contributed by atoms with Gasteiger partial charge in [0.05, 0.1) is 24.8 Å². The van der Waals surface area contributed by atoms with Gasteiger partial charge in [-0.3, -0.25) is 0 Å². The Hall–Kier alpha value is -1.86. The first kappa shape index (κ1) is 13.6. The van der Waals surface area contributed by atoms with E-state index in [1.54, 1.807) is 0 Å². The fourth-order valence-corrected chi connectivity index (χ4v) is 2.38. The van der Waals surface area contributed by atoms with Gasteiger partial charge in [0.25, 0.3) is 0 Å². The summed E-state index contributed by atoms with van der Waals surface area (Å²) in [6.45, 7) is 2.91. The minimum Gasteiger partial charge on any atom is -0.494 e. The van der Waals surface area contributed by atoms with Crippen LogP contribution in [0.5, 0.6) is 5.75 Å². The molecule has 98 valence electrons. The van der Waals surface area contributed by atoms with E-state index in [2.05, 4.69) is 18.0 Å². The van der Waals surface area contributed by atoms with Crippen molar-refractivity contribution in [2.24, 2.45) is 0 Å². The van der Waals surface area contributed by atoms with Crippen LogP contribution in [0.2, 0.25) is 0 Å². The quantitative estimate of drug-likeness (QED) is 0.745. The average molecular weight is 272 g/mol. The normalized spacial score (nSPS) is 10.1. The molecule has 0 unspecified atom stereocenters. The number of aromatic nitrogens is 1. The first-order valence-electron chi connectivity index (χ1n) is 6.38. The summed E-state index contributed by atoms with van der Waals surface area (Å²) in [5.74, 6) is 0.893. The SMILES string of the molecule is CCCCOc1ccc(-c2csc(CC#N)n2)cc1. The molecule has 1 aromatic heterocycles. The van der Waals surface area contributed by atoms with E-state index in [9.17, 15) is 0 Å². The van der Waals surface area contributed by atoms with Crippen LogP contribution in [-0.2, 0) is 6.42 Å². The van der Waals surface area contributed by atoms with Crippen LogP contribution in [-0.4, -0.2) is 11.6 Å². The fraction of sp³-hybridized carbons (Fsp3) is 0.333. The number of rotatable bonds is 6. The maximum atomic E-state index is 8.64. The number of unbranched alkanes of at least 4 members (excludes halogenated alkanes) is 1. The standard InChI is InChI=1S/C15H16N2OS/c1-2-3-10-18-13-6-4-12(5-7-13)14-11-19-15(17-14)8-9-16/h4-7,11H,2-3,8,10H2,1H3. The predicted molar refractivity (Wildman–Crippen MR) is 77.3 cm³/mol. The van der Waals surface area contributed by atoms with Crippen LogP contribution < -0.4 is 4.74 Å². The molecule has 0 aliphatic heterocycles. The van der Waals surface area contributed by atoms with Crippen LogP contribution in [0.25, 0.3) is 11.3 Å². The third kappa shape index (κ3) is 3.80. The predicted octanol–water partition coefficient (Wildman–Crippen LogP) is 4.06. The molecule has 4 heteroatoms. The van der Waals surface area contributed by atoms with Gasteiger partial charge in [-0.15, -0.1) is 11.3 Å². The first-order chi connectivity index (χ1) is 9.33. The monoisotopic (exact) mass is 272 g/mol. The highest BCUT2D eigenvalue weighted by Gasteiger charge is 2.04. The lowest BCUT2D eigenvalue weighted by atomic mass is 10.2. The molecular formula is C15H16N2OS. The molecule has 0 radical (unpaired) electrons. The van der Waals surface area contributed by atoms with Crippen molar-refractivity contribution in [2.45, 2.75) is 26.2 Å². The Morgan fingerprint density at radius 1 is 1.32 bits per heavy atom. The van der Waals surface area contributed by atoms with Gasteiger partial charge in [0.15, 0.2) is 0 Å². The Morgan fingerprint density at radius 3 is 2.79 bits per heavy atom. The number of nitrogens with zero attached hydrogens (tertiary/aromatic N) is 2. The van der Waals surface area contributed by atoms with Gasteiger partial charge in [0, 0.05) is 10.9 Å². The summed E-state index contributed by atoms with van der Waals surface area (Å²) in [6, 6.07) is 10.1. The summed E-state index contributed by atoms with van der Waals surface area (Å²) in [5, 5.41) is 11.5. The minimum absolute atomic E-state index is 0.378. The van der Waals surface area contributed by atoms with Crippen LogP contribution in [0, 0.1) is 11.3 Å². The van der Waals surface area contributed by atoms with Crippen molar-refractivity contribution in [3.63, 3.8) is 0 Å². The third-order valence-corrected chi connectivity index (χ3v) is 3.55. The van der Waals surface area contributed by atoms with E-state index in [0.29, 0.717) is 6.42 Å². The Balaban J connectivity index is 2.02. The van der Waals surface area contributed by atoms with E-state index >= 15 is 0 Å². The molecule has 0 atom stereocenters. The minimum atomic E-state index is 0.378. The molecule has 0 amide bonds. The van der Waals surface area contributed by atoms with E-state index in [-0.39, 0.29) is 0 Å². The van der Waals surface area contributed by atoms with Crippen LogP contribution in [0.1, 0.15) is 24.8 Å². The highest BCUT2D eigenvalue weighted by Crippen LogP contribution is 2.24. The average Bonchev–Trinajstić information content (AvgIpc) is 2.89. The zero-order valence-electron chi connectivity index (χ0n) is 10.9. The molecule has 0 saturated heterocycles. The van der Waals surface area contributed by atoms with Crippen LogP contribution in [0.3, 0.4) is 0 Å². The van der Waals surface area contributed by atoms with Crippen molar-refractivity contribution < 1.29 is 4.74 Å². The molecule has 0 aliphatic rings. The topological polar surface area (TPSA) is 45.9 Å². The second-order valence-electron chi connectivity index (χ2n) is 4.19. The molecular weight excluding hydrogens is 256 g/mol. The van der Waals surface area contributed by atoms with Crippen molar-refractivity contribution in [1.82, 2.24) is 4.98 Å². The maximum Gasteiger partial charge on any atom is 0.119 e. The molecule has 0 aliphatic carbocycles. The Morgan fingerprint density at radius 2 is 2.11 bits per heavy atom. The van der Waals surface area contributed by atoms with Crippen molar-refractivity contribution in [3.05, 3.63) is 34.7 Å². The smallest absolute Gasteiger partial charge is 0.119 e. The van der Waals surface area contributed by atoms with E-state index < -0.39 is 0 Å². The number of nitriles is 1. The molecule has 0 N–H and O–H groups in total. The molecule has 0 bridgehead atoms. The molecule has 0 spiro atoms. The van der Waals surface area contributed by atoms with E-state index in [1.165, 1.54) is 11.3 Å². The van der Waals surface area contributed by atoms with Gasteiger partial charge < -0.3 is 4.74 Å². The number of benzene rings is 1. The second kappa shape index (κ2) is 6.91. The van der Waals surface area contributed by atoms with Gasteiger partial charge in [0.2, 0.25) is 0 Å². The molecule has 19 heavy (non-hydrogen) atoms. The van der Waals surface area contributed by atoms with Crippen molar-refractivity contribution in [2.75, 3.05) is 6.61 Å². The number of hydrogen-bond acceptors (Lipinski definition) is 4.